The zero-order valence-corrected chi connectivity index (χ0v) is 18.3. The van der Waals surface area contributed by atoms with Crippen molar-refractivity contribution in [2.24, 2.45) is 7.05 Å². The van der Waals surface area contributed by atoms with Crippen LogP contribution in [-0.2, 0) is 7.05 Å². The van der Waals surface area contributed by atoms with Crippen LogP contribution in [0, 0.1) is 20.8 Å². The summed E-state index contributed by atoms with van der Waals surface area (Å²) in [5.74, 6) is 0. The monoisotopic (exact) mass is 402 g/mol. The lowest BCUT2D eigenvalue weighted by Gasteiger charge is -2.10. The van der Waals surface area contributed by atoms with Gasteiger partial charge < -0.3 is 4.42 Å². The van der Waals surface area contributed by atoms with Gasteiger partial charge in [-0.25, -0.2) is 0 Å². The van der Waals surface area contributed by atoms with E-state index in [2.05, 4.69) is 105 Å². The van der Waals surface area contributed by atoms with Crippen molar-refractivity contribution in [1.82, 2.24) is 0 Å². The molecule has 31 heavy (non-hydrogen) atoms. The number of hydrogen-bond acceptors (Lipinski definition) is 1. The SMILES string of the molecule is Cc1cc2c(oc3cc4ccccc4cc32)c(-c2ccc3c(C)cccc3[n+]2C)c1C. The third kappa shape index (κ3) is 2.55. The Kier molecular flexibility index (Phi) is 3.76. The summed E-state index contributed by atoms with van der Waals surface area (Å²) in [5, 5.41) is 6.09. The maximum Gasteiger partial charge on any atom is 0.216 e. The Labute approximate surface area is 181 Å². The van der Waals surface area contributed by atoms with Crippen LogP contribution in [0.4, 0.5) is 0 Å². The predicted octanol–water partition coefficient (Wildman–Crippen LogP) is 7.31. The predicted molar refractivity (Wildman–Crippen MR) is 130 cm³/mol. The molecule has 4 aromatic carbocycles. The van der Waals surface area contributed by atoms with Crippen LogP contribution in [0.3, 0.4) is 0 Å². The van der Waals surface area contributed by atoms with Gasteiger partial charge in [-0.1, -0.05) is 36.4 Å². The highest BCUT2D eigenvalue weighted by Gasteiger charge is 2.23. The van der Waals surface area contributed by atoms with Gasteiger partial charge in [0.15, 0.2) is 0 Å². The van der Waals surface area contributed by atoms with E-state index in [4.69, 9.17) is 4.42 Å². The molecule has 0 unspecified atom stereocenters. The first-order valence-corrected chi connectivity index (χ1v) is 10.8. The van der Waals surface area contributed by atoms with Crippen molar-refractivity contribution < 1.29 is 8.98 Å². The average molecular weight is 403 g/mol. The quantitative estimate of drug-likeness (QED) is 0.264. The van der Waals surface area contributed by atoms with E-state index in [-0.39, 0.29) is 0 Å². The van der Waals surface area contributed by atoms with Gasteiger partial charge in [-0.15, -0.1) is 0 Å². The molecule has 0 aliphatic carbocycles. The second-order valence-corrected chi connectivity index (χ2v) is 8.65. The van der Waals surface area contributed by atoms with Gasteiger partial charge in [-0.2, -0.15) is 4.57 Å². The number of pyridine rings is 1. The van der Waals surface area contributed by atoms with Gasteiger partial charge in [-0.05, 0) is 72.5 Å². The van der Waals surface area contributed by atoms with Crippen molar-refractivity contribution in [3.05, 3.63) is 89.5 Å². The maximum absolute atomic E-state index is 6.56. The molecule has 150 valence electrons. The summed E-state index contributed by atoms with van der Waals surface area (Å²) >= 11 is 0. The van der Waals surface area contributed by atoms with Crippen LogP contribution in [0.25, 0.3) is 54.9 Å². The van der Waals surface area contributed by atoms with Gasteiger partial charge in [0.2, 0.25) is 11.2 Å². The van der Waals surface area contributed by atoms with Gasteiger partial charge in [0, 0.05) is 28.3 Å². The van der Waals surface area contributed by atoms with Crippen LogP contribution in [0.5, 0.6) is 0 Å². The summed E-state index contributed by atoms with van der Waals surface area (Å²) in [4.78, 5) is 0. The van der Waals surface area contributed by atoms with Crippen LogP contribution in [0.15, 0.2) is 77.2 Å². The smallest absolute Gasteiger partial charge is 0.216 e. The number of nitrogens with zero attached hydrogens (tertiary/aromatic N) is 1. The molecule has 2 heteroatoms. The molecule has 2 heterocycles. The maximum atomic E-state index is 6.56. The summed E-state index contributed by atoms with van der Waals surface area (Å²) in [6.07, 6.45) is 0. The second kappa shape index (κ2) is 6.42. The zero-order chi connectivity index (χ0) is 21.3. The average Bonchev–Trinajstić information content (AvgIpc) is 3.11. The molecule has 0 spiro atoms. The van der Waals surface area contributed by atoms with E-state index in [1.54, 1.807) is 0 Å². The summed E-state index contributed by atoms with van der Waals surface area (Å²) in [6.45, 7) is 6.57. The molecule has 0 saturated heterocycles. The highest BCUT2D eigenvalue weighted by Crippen LogP contribution is 2.40. The fourth-order valence-corrected chi connectivity index (χ4v) is 4.96. The number of furan rings is 1. The van der Waals surface area contributed by atoms with Gasteiger partial charge in [0.1, 0.15) is 18.2 Å². The molecule has 0 fully saturated rings. The minimum Gasteiger partial charge on any atom is -0.455 e. The van der Waals surface area contributed by atoms with Crippen LogP contribution in [-0.4, -0.2) is 0 Å². The normalized spacial score (nSPS) is 11.9. The largest absolute Gasteiger partial charge is 0.455 e. The summed E-state index contributed by atoms with van der Waals surface area (Å²) in [6, 6.07) is 26.2. The highest BCUT2D eigenvalue weighted by atomic mass is 16.3. The lowest BCUT2D eigenvalue weighted by molar-refractivity contribution is -0.633. The minimum atomic E-state index is 0.944. The Hall–Kier alpha value is -3.65. The number of aromatic nitrogens is 1. The van der Waals surface area contributed by atoms with E-state index in [9.17, 15) is 0 Å². The molecule has 0 atom stereocenters. The Bertz CT molecular complexity index is 1670. The number of hydrogen-bond donors (Lipinski definition) is 0. The van der Waals surface area contributed by atoms with E-state index < -0.39 is 0 Å². The van der Waals surface area contributed by atoms with Crippen molar-refractivity contribution in [2.45, 2.75) is 20.8 Å². The fraction of sp³-hybridized carbons (Fsp3) is 0.138. The molecule has 6 rings (SSSR count). The lowest BCUT2D eigenvalue weighted by Crippen LogP contribution is -2.32. The molecule has 0 N–H and O–H groups in total. The molecule has 0 aliphatic heterocycles. The third-order valence-electron chi connectivity index (χ3n) is 6.84. The Morgan fingerprint density at radius 3 is 2.26 bits per heavy atom. The van der Waals surface area contributed by atoms with Crippen LogP contribution in [0.1, 0.15) is 16.7 Å². The molecular formula is C29H24NO+. The Morgan fingerprint density at radius 2 is 1.45 bits per heavy atom. The van der Waals surface area contributed by atoms with Crippen LogP contribution < -0.4 is 4.57 Å². The molecule has 0 aliphatic rings. The number of aryl methyl sites for hydroxylation is 3. The van der Waals surface area contributed by atoms with E-state index in [0.717, 1.165) is 11.2 Å². The molecule has 0 bridgehead atoms. The van der Waals surface area contributed by atoms with Crippen molar-refractivity contribution in [2.75, 3.05) is 0 Å². The molecule has 2 nitrogen and oxygen atoms in total. The van der Waals surface area contributed by atoms with Crippen LogP contribution in [0.2, 0.25) is 0 Å². The topological polar surface area (TPSA) is 17.0 Å². The van der Waals surface area contributed by atoms with Gasteiger partial charge in [0.25, 0.3) is 0 Å². The van der Waals surface area contributed by atoms with Crippen molar-refractivity contribution in [1.29, 1.82) is 0 Å². The zero-order valence-electron chi connectivity index (χ0n) is 18.3. The van der Waals surface area contributed by atoms with E-state index in [0.29, 0.717) is 0 Å². The first kappa shape index (κ1) is 18.1. The Balaban J connectivity index is 1.75. The minimum absolute atomic E-state index is 0.944. The van der Waals surface area contributed by atoms with Crippen molar-refractivity contribution >= 4 is 43.6 Å². The standard InChI is InChI=1S/C29H24NO/c1-17-8-7-11-25-22(17)12-13-26(30(25)4)28-19(3)18(2)14-24-23-15-20-9-5-6-10-21(20)16-27(23)31-29(24)28/h5-16H,1-4H3/q+1. The fourth-order valence-electron chi connectivity index (χ4n) is 4.96. The molecule has 0 radical (unpaired) electrons. The van der Waals surface area contributed by atoms with E-state index >= 15 is 0 Å². The lowest BCUT2D eigenvalue weighted by atomic mass is 9.95. The molecule has 0 saturated carbocycles. The third-order valence-corrected chi connectivity index (χ3v) is 6.84. The number of rotatable bonds is 1. The Morgan fingerprint density at radius 1 is 0.677 bits per heavy atom. The first-order valence-electron chi connectivity index (χ1n) is 10.8. The summed E-state index contributed by atoms with van der Waals surface area (Å²) < 4.78 is 8.86. The van der Waals surface area contributed by atoms with Gasteiger partial charge in [0.05, 0.1) is 5.56 Å². The second-order valence-electron chi connectivity index (χ2n) is 8.65. The number of fused-ring (bicyclic) bond motifs is 5. The first-order chi connectivity index (χ1) is 15.0. The van der Waals surface area contributed by atoms with E-state index in [1.807, 2.05) is 0 Å². The van der Waals surface area contributed by atoms with Crippen LogP contribution >= 0.6 is 0 Å². The molecule has 2 aromatic heterocycles. The van der Waals surface area contributed by atoms with E-state index in [1.165, 1.54) is 60.4 Å². The van der Waals surface area contributed by atoms with Gasteiger partial charge in [-0.3, -0.25) is 0 Å². The van der Waals surface area contributed by atoms with Crippen molar-refractivity contribution in [3.8, 4) is 11.3 Å². The van der Waals surface area contributed by atoms with Gasteiger partial charge >= 0.3 is 0 Å². The number of benzene rings is 4. The summed E-state index contributed by atoms with van der Waals surface area (Å²) in [5.41, 5.74) is 9.33. The highest BCUT2D eigenvalue weighted by molar-refractivity contribution is 6.13. The molecule has 6 aromatic rings. The van der Waals surface area contributed by atoms with Crippen molar-refractivity contribution in [3.63, 3.8) is 0 Å². The molecule has 0 amide bonds. The molecular weight excluding hydrogens is 378 g/mol. The summed E-state index contributed by atoms with van der Waals surface area (Å²) in [7, 11) is 2.15.